The summed E-state index contributed by atoms with van der Waals surface area (Å²) in [5.74, 6) is 0. The van der Waals surface area contributed by atoms with Gasteiger partial charge in [0.1, 0.15) is 0 Å². The summed E-state index contributed by atoms with van der Waals surface area (Å²) in [6.07, 6.45) is 0. The van der Waals surface area contributed by atoms with Crippen LogP contribution >= 0.6 is 10.7 Å². The number of halogens is 1. The van der Waals surface area contributed by atoms with Gasteiger partial charge in [-0.1, -0.05) is 0 Å². The molecule has 0 aromatic heterocycles. The molecule has 5 heteroatoms. The molecule has 0 aliphatic carbocycles. The molecule has 0 aliphatic heterocycles. The molecule has 0 N–H and O–H groups in total. The third kappa shape index (κ3) is 49.4. The Bertz CT molecular complexity index is 36.5. The molecule has 2 nitrogen and oxygen atoms in total. The molecule has 1 atom stereocenters. The number of hydrogen-bond acceptors (Lipinski definition) is 2. The van der Waals surface area contributed by atoms with Crippen molar-refractivity contribution in [3.8, 4) is 0 Å². The van der Waals surface area contributed by atoms with Gasteiger partial charge in [0, 0.05) is 43.0 Å². The van der Waals surface area contributed by atoms with Crippen molar-refractivity contribution in [2.45, 2.75) is 0 Å². The zero-order valence-corrected chi connectivity index (χ0v) is 7.59. The SMILES string of the molecule is O=S([O-])Cl.[CH3-].[Y]. The molecule has 0 saturated carbocycles. The van der Waals surface area contributed by atoms with E-state index in [2.05, 4.69) is 10.7 Å². The standard InChI is InChI=1S/CH3.ClHO2S.Y/c;1-4(2)3;/h1H3;(H,2,3);/q-1;;/p-1. The van der Waals surface area contributed by atoms with Crippen LogP contribution in [-0.2, 0) is 43.0 Å². The van der Waals surface area contributed by atoms with E-state index in [9.17, 15) is 0 Å². The molecule has 0 aromatic carbocycles. The van der Waals surface area contributed by atoms with Crippen LogP contribution < -0.4 is 0 Å². The van der Waals surface area contributed by atoms with Gasteiger partial charge in [0.25, 0.3) is 0 Å². The Morgan fingerprint density at radius 2 is 1.67 bits per heavy atom. The monoisotopic (exact) mass is 203 g/mol. The topological polar surface area (TPSA) is 40.1 Å². The van der Waals surface area contributed by atoms with Crippen LogP contribution in [0, 0.1) is 7.43 Å². The maximum absolute atomic E-state index is 8.77. The molecule has 37 valence electrons. The normalized spacial score (nSPS) is 10.3. The van der Waals surface area contributed by atoms with E-state index in [1.54, 1.807) is 0 Å². The van der Waals surface area contributed by atoms with E-state index in [-0.39, 0.29) is 40.1 Å². The van der Waals surface area contributed by atoms with Crippen molar-refractivity contribution in [3.63, 3.8) is 0 Å². The van der Waals surface area contributed by atoms with Gasteiger partial charge in [0.15, 0.2) is 0 Å². The first kappa shape index (κ1) is 15.6. The molecule has 0 spiro atoms. The van der Waals surface area contributed by atoms with Gasteiger partial charge >= 0.3 is 0 Å². The van der Waals surface area contributed by atoms with Crippen LogP contribution in [0.3, 0.4) is 0 Å². The number of hydrogen-bond donors (Lipinski definition) is 0. The van der Waals surface area contributed by atoms with Crippen LogP contribution in [-0.4, -0.2) is 8.76 Å². The molecule has 1 radical (unpaired) electrons. The third-order valence-electron chi connectivity index (χ3n) is 0. The molecule has 1 unspecified atom stereocenters. The van der Waals surface area contributed by atoms with Crippen molar-refractivity contribution in [1.29, 1.82) is 0 Å². The molecule has 0 aromatic rings. The number of rotatable bonds is 0. The van der Waals surface area contributed by atoms with Crippen LogP contribution in [0.2, 0.25) is 0 Å². The van der Waals surface area contributed by atoms with Crippen molar-refractivity contribution in [3.05, 3.63) is 7.43 Å². The van der Waals surface area contributed by atoms with Crippen LogP contribution in [0.5, 0.6) is 0 Å². The molecular formula is CH3ClO2SY-2. The van der Waals surface area contributed by atoms with Crippen molar-refractivity contribution in [2.75, 3.05) is 0 Å². The van der Waals surface area contributed by atoms with Gasteiger partial charge in [-0.2, -0.15) is 0 Å². The quantitative estimate of drug-likeness (QED) is 0.326. The minimum atomic E-state index is -2.39. The molecule has 0 amide bonds. The summed E-state index contributed by atoms with van der Waals surface area (Å²) in [7, 11) is 1.80. The van der Waals surface area contributed by atoms with Gasteiger partial charge in [-0.25, -0.2) is 0 Å². The second kappa shape index (κ2) is 9.71. The molecule has 0 saturated heterocycles. The van der Waals surface area contributed by atoms with E-state index >= 15 is 0 Å². The van der Waals surface area contributed by atoms with Gasteiger partial charge in [-0.3, -0.25) is 4.21 Å². The Morgan fingerprint density at radius 3 is 1.67 bits per heavy atom. The minimum absolute atomic E-state index is 0. The van der Waals surface area contributed by atoms with E-state index in [4.69, 9.17) is 8.76 Å². The van der Waals surface area contributed by atoms with Gasteiger partial charge < -0.3 is 12.0 Å². The predicted molar refractivity (Wildman–Crippen MR) is 21.2 cm³/mol. The van der Waals surface area contributed by atoms with Gasteiger partial charge in [0.2, 0.25) is 0 Å². The molecule has 0 bridgehead atoms. The summed E-state index contributed by atoms with van der Waals surface area (Å²) in [6, 6.07) is 0. The van der Waals surface area contributed by atoms with Gasteiger partial charge in [-0.05, 0) is 10.7 Å². The van der Waals surface area contributed by atoms with Gasteiger partial charge in [0.05, 0.1) is 0 Å². The maximum Gasteiger partial charge on any atom is 0.0422 e. The van der Waals surface area contributed by atoms with Crippen LogP contribution in [0.4, 0.5) is 0 Å². The summed E-state index contributed by atoms with van der Waals surface area (Å²) in [5.41, 5.74) is 0. The van der Waals surface area contributed by atoms with Crippen molar-refractivity contribution in [2.24, 2.45) is 0 Å². The fraction of sp³-hybridized carbons (Fsp3) is 0. The zero-order chi connectivity index (χ0) is 3.58. The van der Waals surface area contributed by atoms with E-state index in [1.807, 2.05) is 0 Å². The van der Waals surface area contributed by atoms with E-state index in [0.717, 1.165) is 0 Å². The van der Waals surface area contributed by atoms with E-state index in [0.29, 0.717) is 0 Å². The zero-order valence-electron chi connectivity index (χ0n) is 3.18. The summed E-state index contributed by atoms with van der Waals surface area (Å²) in [4.78, 5) is 0. The van der Waals surface area contributed by atoms with Crippen LogP contribution in [0.15, 0.2) is 0 Å². The van der Waals surface area contributed by atoms with Crippen molar-refractivity contribution < 1.29 is 41.5 Å². The van der Waals surface area contributed by atoms with Crippen LogP contribution in [0.25, 0.3) is 0 Å². The Kier molecular flexibility index (Phi) is 25.3. The molecule has 0 fully saturated rings. The average Bonchev–Trinajstić information content (AvgIpc) is 0.811. The summed E-state index contributed by atoms with van der Waals surface area (Å²) in [5, 5.41) is 0. The second-order valence-electron chi connectivity index (χ2n) is 0.194. The Balaban J connectivity index is -0.0000000450. The molecule has 6 heavy (non-hydrogen) atoms. The maximum atomic E-state index is 8.77. The average molecular weight is 203 g/mol. The fourth-order valence-corrected chi connectivity index (χ4v) is 0. The first-order valence-electron chi connectivity index (χ1n) is 0.488. The molecule has 0 rings (SSSR count). The molecule has 0 aliphatic rings. The first-order chi connectivity index (χ1) is 1.73. The summed E-state index contributed by atoms with van der Waals surface area (Å²) < 4.78 is 17.5. The van der Waals surface area contributed by atoms with Crippen molar-refractivity contribution in [1.82, 2.24) is 0 Å². The smallest absolute Gasteiger partial charge is 0.0422 e. The van der Waals surface area contributed by atoms with Gasteiger partial charge in [-0.15, -0.1) is 0 Å². The third-order valence-corrected chi connectivity index (χ3v) is 0. The van der Waals surface area contributed by atoms with Crippen molar-refractivity contribution >= 4 is 21.0 Å². The molecular weight excluding hydrogens is 200 g/mol. The largest absolute Gasteiger partial charge is 0.760 e. The minimum Gasteiger partial charge on any atom is -0.760 e. The Morgan fingerprint density at radius 1 is 1.67 bits per heavy atom. The fourth-order valence-electron chi connectivity index (χ4n) is 0. The van der Waals surface area contributed by atoms with E-state index in [1.165, 1.54) is 0 Å². The Labute approximate surface area is 69.3 Å². The van der Waals surface area contributed by atoms with E-state index < -0.39 is 10.3 Å². The Hall–Kier alpha value is 1.50. The predicted octanol–water partition coefficient (Wildman–Crippen LogP) is 0.467. The second-order valence-corrected chi connectivity index (χ2v) is 1.34. The first-order valence-corrected chi connectivity index (χ1v) is 2.39. The molecule has 0 heterocycles. The van der Waals surface area contributed by atoms with Crippen LogP contribution in [0.1, 0.15) is 0 Å². The summed E-state index contributed by atoms with van der Waals surface area (Å²) >= 11 is 0. The summed E-state index contributed by atoms with van der Waals surface area (Å²) in [6.45, 7) is 0.